The first kappa shape index (κ1) is 28.7. The van der Waals surface area contributed by atoms with Crippen molar-refractivity contribution >= 4 is 29.3 Å². The largest absolute Gasteiger partial charge is 0.442 e. The van der Waals surface area contributed by atoms with E-state index in [2.05, 4.69) is 21.0 Å². The van der Waals surface area contributed by atoms with Crippen LogP contribution in [0, 0.1) is 11.6 Å². The fraction of sp³-hybridized carbons (Fsp3) is 0.440. The third-order valence-electron chi connectivity index (χ3n) is 5.92. The molecule has 2 aromatic rings. The van der Waals surface area contributed by atoms with Crippen LogP contribution < -0.4 is 25.9 Å². The second kappa shape index (κ2) is 13.6. The zero-order valence-corrected chi connectivity index (χ0v) is 21.7. The summed E-state index contributed by atoms with van der Waals surface area (Å²) in [6, 6.07) is 5.87. The highest BCUT2D eigenvalue weighted by atomic mass is 19.1. The Morgan fingerprint density at radius 1 is 1.21 bits per heavy atom. The number of anilines is 2. The van der Waals surface area contributed by atoms with Crippen LogP contribution >= 0.6 is 0 Å². The predicted molar refractivity (Wildman–Crippen MR) is 137 cm³/mol. The molecule has 1 saturated heterocycles. The van der Waals surface area contributed by atoms with Crippen molar-refractivity contribution in [3.05, 3.63) is 53.9 Å². The molecule has 0 spiro atoms. The van der Waals surface area contributed by atoms with Crippen LogP contribution in [0.2, 0.25) is 0 Å². The highest BCUT2D eigenvalue weighted by Gasteiger charge is 2.33. The Labute approximate surface area is 220 Å². The first-order valence-corrected chi connectivity index (χ1v) is 12.3. The molecule has 3 rings (SSSR count). The Morgan fingerprint density at radius 2 is 1.89 bits per heavy atom. The number of rotatable bonds is 13. The Hall–Kier alpha value is -3.84. The Kier molecular flexibility index (Phi) is 10.3. The fourth-order valence-corrected chi connectivity index (χ4v) is 3.91. The monoisotopic (exact) mass is 533 g/mol. The average Bonchev–Trinajstić information content (AvgIpc) is 3.26. The smallest absolute Gasteiger partial charge is 0.414 e. The molecule has 0 unspecified atom stereocenters. The third kappa shape index (κ3) is 7.83. The van der Waals surface area contributed by atoms with Gasteiger partial charge in [-0.1, -0.05) is 0 Å². The lowest BCUT2D eigenvalue weighted by molar-refractivity contribution is -0.131. The molecule has 1 aromatic heterocycles. The molecule has 0 aliphatic carbocycles. The van der Waals surface area contributed by atoms with Gasteiger partial charge in [0.15, 0.2) is 11.6 Å². The van der Waals surface area contributed by atoms with Gasteiger partial charge in [-0.15, -0.1) is 0 Å². The molecule has 0 saturated carbocycles. The number of amides is 3. The first-order valence-electron chi connectivity index (χ1n) is 12.3. The number of ether oxygens (including phenoxy) is 1. The number of carbonyl (C=O) groups is 3. The molecule has 1 aromatic carbocycles. The van der Waals surface area contributed by atoms with Crippen LogP contribution in [-0.4, -0.2) is 80.3 Å². The van der Waals surface area contributed by atoms with Crippen LogP contribution in [0.5, 0.6) is 0 Å². The summed E-state index contributed by atoms with van der Waals surface area (Å²) >= 11 is 0. The Balaban J connectivity index is 1.52. The minimum atomic E-state index is -0.829. The maximum atomic E-state index is 15.1. The molecule has 3 amide bonds. The number of hydrazine groups is 1. The summed E-state index contributed by atoms with van der Waals surface area (Å²) in [7, 11) is 1.58. The molecule has 38 heavy (non-hydrogen) atoms. The van der Waals surface area contributed by atoms with Crippen molar-refractivity contribution in [2.24, 2.45) is 0 Å². The average molecular weight is 534 g/mol. The predicted octanol–water partition coefficient (Wildman–Crippen LogP) is 1.40. The number of aromatic nitrogens is 1. The van der Waals surface area contributed by atoms with E-state index in [1.54, 1.807) is 26.4 Å². The first-order chi connectivity index (χ1) is 18.2. The van der Waals surface area contributed by atoms with Gasteiger partial charge in [0, 0.05) is 64.7 Å². The van der Waals surface area contributed by atoms with Crippen LogP contribution in [-0.2, 0) is 20.9 Å². The van der Waals surface area contributed by atoms with Gasteiger partial charge in [-0.2, -0.15) is 0 Å². The van der Waals surface area contributed by atoms with Crippen molar-refractivity contribution < 1.29 is 27.9 Å². The van der Waals surface area contributed by atoms with E-state index in [4.69, 9.17) is 4.74 Å². The molecule has 1 fully saturated rings. The maximum Gasteiger partial charge on any atom is 0.414 e. The van der Waals surface area contributed by atoms with Gasteiger partial charge in [0.1, 0.15) is 11.8 Å². The van der Waals surface area contributed by atoms with Gasteiger partial charge < -0.3 is 20.3 Å². The maximum absolute atomic E-state index is 15.1. The van der Waals surface area contributed by atoms with Crippen molar-refractivity contribution in [2.45, 2.75) is 26.5 Å². The number of nitrogens with one attached hydrogen (secondary N) is 3. The number of hydrogen-bond acceptors (Lipinski definition) is 8. The zero-order chi connectivity index (χ0) is 27.7. The van der Waals surface area contributed by atoms with Gasteiger partial charge in [-0.3, -0.25) is 24.5 Å². The third-order valence-corrected chi connectivity index (χ3v) is 5.92. The second-order valence-corrected chi connectivity index (χ2v) is 8.71. The van der Waals surface area contributed by atoms with E-state index in [-0.39, 0.29) is 55.9 Å². The van der Waals surface area contributed by atoms with Gasteiger partial charge in [-0.05, 0) is 24.6 Å². The van der Waals surface area contributed by atoms with Gasteiger partial charge in [-0.25, -0.2) is 19.0 Å². The van der Waals surface area contributed by atoms with Crippen LogP contribution in [0.25, 0.3) is 0 Å². The van der Waals surface area contributed by atoms with E-state index in [9.17, 15) is 14.4 Å². The number of nitrogens with zero attached hydrogens (tertiary/aromatic N) is 4. The van der Waals surface area contributed by atoms with Crippen LogP contribution in [0.3, 0.4) is 0 Å². The lowest BCUT2D eigenvalue weighted by atomic mass is 10.2. The summed E-state index contributed by atoms with van der Waals surface area (Å²) in [5.74, 6) is -2.13. The van der Waals surface area contributed by atoms with E-state index in [1.807, 2.05) is 12.1 Å². The van der Waals surface area contributed by atoms with Crippen LogP contribution in [0.15, 0.2) is 36.7 Å². The van der Waals surface area contributed by atoms with Crippen molar-refractivity contribution in [1.82, 2.24) is 26.1 Å². The lowest BCUT2D eigenvalue weighted by Crippen LogP contribution is -2.46. The van der Waals surface area contributed by atoms with Crippen molar-refractivity contribution in [2.75, 3.05) is 56.1 Å². The molecule has 13 heteroatoms. The summed E-state index contributed by atoms with van der Waals surface area (Å²) in [5.41, 5.74) is 3.74. The fourth-order valence-electron chi connectivity index (χ4n) is 3.91. The zero-order valence-electron chi connectivity index (χ0n) is 21.7. The van der Waals surface area contributed by atoms with Gasteiger partial charge in [0.05, 0.1) is 25.3 Å². The molecule has 1 atom stereocenters. The Bertz CT molecular complexity index is 1100. The van der Waals surface area contributed by atoms with E-state index in [0.717, 1.165) is 22.6 Å². The standard InChI is InChI=1S/C25H33F2N7O4/c1-4-33(10-9-31-32(3)23(36)15-29-13-18-5-7-28-8-6-18)24-21(26)11-19(12-22(24)27)34-16-20(38-25(34)37)14-30-17(2)35/h5-8,11-12,20,29,31H,4,9-10,13-16H2,1-3H3,(H,30,35)/t20-/m0/s1. The summed E-state index contributed by atoms with van der Waals surface area (Å²) in [6.07, 6.45) is 1.99. The number of hydrogen-bond donors (Lipinski definition) is 3. The molecule has 2 heterocycles. The second-order valence-electron chi connectivity index (χ2n) is 8.71. The molecule has 3 N–H and O–H groups in total. The lowest BCUT2D eigenvalue weighted by Gasteiger charge is -2.27. The minimum absolute atomic E-state index is 0.0258. The van der Waals surface area contributed by atoms with Gasteiger partial charge in [0.2, 0.25) is 11.8 Å². The SMILES string of the molecule is CCN(CCNN(C)C(=O)CNCc1ccncc1)c1c(F)cc(N2C[C@H](CNC(C)=O)OC2=O)cc1F. The van der Waals surface area contributed by atoms with Crippen LogP contribution in [0.4, 0.5) is 25.0 Å². The topological polar surface area (TPSA) is 119 Å². The van der Waals surface area contributed by atoms with Crippen molar-refractivity contribution in [3.63, 3.8) is 0 Å². The molecule has 1 aliphatic heterocycles. The number of carbonyl (C=O) groups excluding carboxylic acids is 3. The van der Waals surface area contributed by atoms with E-state index in [0.29, 0.717) is 13.1 Å². The van der Waals surface area contributed by atoms with E-state index in [1.165, 1.54) is 16.8 Å². The normalized spacial score (nSPS) is 14.8. The highest BCUT2D eigenvalue weighted by Crippen LogP contribution is 2.30. The number of likely N-dealkylation sites (N-methyl/N-ethyl adjacent to an activating group) is 2. The van der Waals surface area contributed by atoms with Crippen molar-refractivity contribution in [1.29, 1.82) is 0 Å². The highest BCUT2D eigenvalue weighted by molar-refractivity contribution is 5.90. The van der Waals surface area contributed by atoms with Gasteiger partial charge >= 0.3 is 6.09 Å². The number of halogens is 2. The van der Waals surface area contributed by atoms with E-state index >= 15 is 8.78 Å². The van der Waals surface area contributed by atoms with Crippen LogP contribution in [0.1, 0.15) is 19.4 Å². The summed E-state index contributed by atoms with van der Waals surface area (Å²) in [4.78, 5) is 42.2. The Morgan fingerprint density at radius 3 is 2.53 bits per heavy atom. The van der Waals surface area contributed by atoms with Crippen molar-refractivity contribution in [3.8, 4) is 0 Å². The quantitative estimate of drug-likeness (QED) is 0.331. The molecule has 11 nitrogen and oxygen atoms in total. The van der Waals surface area contributed by atoms with E-state index < -0.39 is 23.8 Å². The number of benzene rings is 1. The molecule has 1 aliphatic rings. The molecule has 0 bridgehead atoms. The summed E-state index contributed by atoms with van der Waals surface area (Å²) < 4.78 is 35.3. The summed E-state index contributed by atoms with van der Waals surface area (Å²) in [6.45, 7) is 4.67. The van der Waals surface area contributed by atoms with Gasteiger partial charge in [0.25, 0.3) is 0 Å². The minimum Gasteiger partial charge on any atom is -0.442 e. The number of cyclic esters (lactones) is 1. The molecule has 206 valence electrons. The summed E-state index contributed by atoms with van der Waals surface area (Å²) in [5, 5.41) is 6.94. The number of pyridine rings is 1. The molecular weight excluding hydrogens is 500 g/mol. The molecule has 0 radical (unpaired) electrons. The molecular formula is C25H33F2N7O4.